The Morgan fingerprint density at radius 1 is 1.11 bits per heavy atom. The second-order valence-electron chi connectivity index (χ2n) is 3.48. The molecule has 0 spiro atoms. The summed E-state index contributed by atoms with van der Waals surface area (Å²) < 4.78 is 15.6. The van der Waals surface area contributed by atoms with Crippen LogP contribution in [0.2, 0.25) is 0 Å². The fourth-order valence-corrected chi connectivity index (χ4v) is 1.89. The number of methoxy groups -OCH3 is 1. The maximum absolute atomic E-state index is 5.50. The number of hydrogen-bond donors (Lipinski definition) is 1. The van der Waals surface area contributed by atoms with Crippen molar-refractivity contribution >= 4 is 17.6 Å². The van der Waals surface area contributed by atoms with Gasteiger partial charge in [0.15, 0.2) is 0 Å². The number of nitrogens with two attached hydrogens (primary N) is 1. The van der Waals surface area contributed by atoms with Gasteiger partial charge in [-0.05, 0) is 12.1 Å². The number of nitrogens with zero attached hydrogens (tertiary/aromatic N) is 1. The highest BCUT2D eigenvalue weighted by atomic mass is 32.2. The van der Waals surface area contributed by atoms with Crippen molar-refractivity contribution in [1.29, 1.82) is 0 Å². The molecule has 0 radical (unpaired) electrons. The third-order valence-electron chi connectivity index (χ3n) is 2.06. The smallest absolute Gasteiger partial charge is 0.123 e. The molecule has 2 N–H and O–H groups in total. The predicted molar refractivity (Wildman–Crippen MR) is 72.9 cm³/mol. The van der Waals surface area contributed by atoms with Gasteiger partial charge in [0.1, 0.15) is 5.82 Å². The first-order valence-corrected chi connectivity index (χ1v) is 6.80. The van der Waals surface area contributed by atoms with E-state index in [0.717, 1.165) is 10.6 Å². The van der Waals surface area contributed by atoms with Gasteiger partial charge in [-0.25, -0.2) is 4.98 Å². The topological polar surface area (TPSA) is 66.6 Å². The van der Waals surface area contributed by atoms with Gasteiger partial charge in [-0.2, -0.15) is 0 Å². The molecule has 0 aromatic carbocycles. The number of rotatable bonds is 10. The van der Waals surface area contributed by atoms with Crippen molar-refractivity contribution < 1.29 is 14.2 Å². The first kappa shape index (κ1) is 15.2. The number of nitrogen functional groups attached to an aromatic ring is 1. The maximum Gasteiger partial charge on any atom is 0.123 e. The van der Waals surface area contributed by atoms with Crippen LogP contribution in [0.3, 0.4) is 0 Å². The van der Waals surface area contributed by atoms with Crippen molar-refractivity contribution in [3.63, 3.8) is 0 Å². The van der Waals surface area contributed by atoms with Crippen LogP contribution < -0.4 is 5.73 Å². The summed E-state index contributed by atoms with van der Waals surface area (Å²) in [5.74, 6) is 1.44. The lowest BCUT2D eigenvalue weighted by Crippen LogP contribution is -2.09. The molecule has 0 aliphatic rings. The van der Waals surface area contributed by atoms with E-state index in [-0.39, 0.29) is 0 Å². The summed E-state index contributed by atoms with van der Waals surface area (Å²) in [6.07, 6.45) is 1.77. The molecule has 0 aliphatic carbocycles. The van der Waals surface area contributed by atoms with Crippen LogP contribution in [-0.4, -0.2) is 50.9 Å². The van der Waals surface area contributed by atoms with Gasteiger partial charge >= 0.3 is 0 Å². The van der Waals surface area contributed by atoms with E-state index >= 15 is 0 Å². The molecule has 5 nitrogen and oxygen atoms in total. The number of aromatic nitrogens is 1. The molecule has 1 aromatic rings. The first-order valence-electron chi connectivity index (χ1n) is 5.81. The average molecular weight is 272 g/mol. The monoisotopic (exact) mass is 272 g/mol. The molecule has 1 heterocycles. The Balaban J connectivity index is 1.91. The van der Waals surface area contributed by atoms with Gasteiger partial charge in [-0.1, -0.05) is 0 Å². The van der Waals surface area contributed by atoms with Gasteiger partial charge in [0.25, 0.3) is 0 Å². The van der Waals surface area contributed by atoms with Crippen LogP contribution in [0.1, 0.15) is 0 Å². The third kappa shape index (κ3) is 7.50. The maximum atomic E-state index is 5.50. The minimum atomic E-state index is 0.545. The highest BCUT2D eigenvalue weighted by Crippen LogP contribution is 2.16. The van der Waals surface area contributed by atoms with E-state index in [1.807, 2.05) is 6.07 Å². The molecule has 18 heavy (non-hydrogen) atoms. The average Bonchev–Trinajstić information content (AvgIpc) is 2.39. The van der Waals surface area contributed by atoms with Crippen LogP contribution in [0.5, 0.6) is 0 Å². The second-order valence-corrected chi connectivity index (χ2v) is 4.65. The first-order chi connectivity index (χ1) is 8.83. The van der Waals surface area contributed by atoms with E-state index < -0.39 is 0 Å². The third-order valence-corrected chi connectivity index (χ3v) is 3.01. The number of anilines is 1. The van der Waals surface area contributed by atoms with Crippen LogP contribution in [0.15, 0.2) is 23.2 Å². The molecule has 0 saturated carbocycles. The van der Waals surface area contributed by atoms with Crippen LogP contribution in [-0.2, 0) is 14.2 Å². The lowest BCUT2D eigenvalue weighted by atomic mass is 10.5. The predicted octanol–water partition coefficient (Wildman–Crippen LogP) is 1.44. The Hall–Kier alpha value is -0.820. The highest BCUT2D eigenvalue weighted by Gasteiger charge is 1.95. The molecular formula is C12H20N2O3S. The van der Waals surface area contributed by atoms with E-state index in [4.69, 9.17) is 19.9 Å². The SMILES string of the molecule is COCCOCCOCCSc1ccc(N)nc1. The molecular weight excluding hydrogens is 252 g/mol. The van der Waals surface area contributed by atoms with Gasteiger partial charge in [0.2, 0.25) is 0 Å². The van der Waals surface area contributed by atoms with E-state index in [2.05, 4.69) is 4.98 Å². The molecule has 0 bridgehead atoms. The Labute approximate surface area is 112 Å². The van der Waals surface area contributed by atoms with Crippen molar-refractivity contribution in [2.45, 2.75) is 4.90 Å². The molecule has 102 valence electrons. The minimum absolute atomic E-state index is 0.545. The van der Waals surface area contributed by atoms with Crippen molar-refractivity contribution in [2.24, 2.45) is 0 Å². The zero-order chi connectivity index (χ0) is 13.1. The zero-order valence-electron chi connectivity index (χ0n) is 10.6. The van der Waals surface area contributed by atoms with Gasteiger partial charge in [0, 0.05) is 24.0 Å². The summed E-state index contributed by atoms with van der Waals surface area (Å²) >= 11 is 1.70. The summed E-state index contributed by atoms with van der Waals surface area (Å²) in [6, 6.07) is 3.76. The number of thioether (sulfide) groups is 1. The lowest BCUT2D eigenvalue weighted by molar-refractivity contribution is 0.0286. The van der Waals surface area contributed by atoms with E-state index in [1.54, 1.807) is 31.1 Å². The quantitative estimate of drug-likeness (QED) is 0.513. The van der Waals surface area contributed by atoms with Gasteiger partial charge in [-0.3, -0.25) is 0 Å². The van der Waals surface area contributed by atoms with Crippen LogP contribution >= 0.6 is 11.8 Å². The summed E-state index contributed by atoms with van der Waals surface area (Å²) in [4.78, 5) is 5.12. The van der Waals surface area contributed by atoms with Gasteiger partial charge < -0.3 is 19.9 Å². The molecule has 0 amide bonds. The van der Waals surface area contributed by atoms with Crippen LogP contribution in [0, 0.1) is 0 Å². The summed E-state index contributed by atoms with van der Waals surface area (Å²) in [6.45, 7) is 3.16. The van der Waals surface area contributed by atoms with Crippen molar-refractivity contribution in [3.05, 3.63) is 18.3 Å². The Morgan fingerprint density at radius 2 is 1.83 bits per heavy atom. The van der Waals surface area contributed by atoms with E-state index in [0.29, 0.717) is 38.9 Å². The zero-order valence-corrected chi connectivity index (χ0v) is 11.4. The molecule has 0 unspecified atom stereocenters. The molecule has 1 rings (SSSR count). The second kappa shape index (κ2) is 10.1. The molecule has 0 aliphatic heterocycles. The molecule has 0 atom stereocenters. The van der Waals surface area contributed by atoms with Crippen LogP contribution in [0.4, 0.5) is 5.82 Å². The normalized spacial score (nSPS) is 10.7. The number of pyridine rings is 1. The Bertz CT molecular complexity index is 309. The van der Waals surface area contributed by atoms with Crippen molar-refractivity contribution in [1.82, 2.24) is 4.98 Å². The van der Waals surface area contributed by atoms with E-state index in [1.165, 1.54) is 0 Å². The fourth-order valence-electron chi connectivity index (χ4n) is 1.16. The lowest BCUT2D eigenvalue weighted by Gasteiger charge is -2.05. The number of ether oxygens (including phenoxy) is 3. The summed E-state index contributed by atoms with van der Waals surface area (Å²) in [5, 5.41) is 0. The standard InChI is InChI=1S/C12H20N2O3S/c1-15-4-5-16-6-7-17-8-9-18-11-2-3-12(13)14-10-11/h2-3,10H,4-9H2,1H3,(H2,13,14). The summed E-state index contributed by atoms with van der Waals surface area (Å²) in [7, 11) is 1.66. The molecule has 0 saturated heterocycles. The minimum Gasteiger partial charge on any atom is -0.384 e. The van der Waals surface area contributed by atoms with E-state index in [9.17, 15) is 0 Å². The molecule has 1 aromatic heterocycles. The van der Waals surface area contributed by atoms with Crippen LogP contribution in [0.25, 0.3) is 0 Å². The molecule has 6 heteroatoms. The van der Waals surface area contributed by atoms with Crippen molar-refractivity contribution in [3.8, 4) is 0 Å². The Kier molecular flexibility index (Phi) is 8.58. The summed E-state index contributed by atoms with van der Waals surface area (Å²) in [5.41, 5.74) is 5.50. The Morgan fingerprint density at radius 3 is 2.50 bits per heavy atom. The van der Waals surface area contributed by atoms with Gasteiger partial charge in [0.05, 0.1) is 33.0 Å². The number of hydrogen-bond acceptors (Lipinski definition) is 6. The highest BCUT2D eigenvalue weighted by molar-refractivity contribution is 7.99. The van der Waals surface area contributed by atoms with Crippen molar-refractivity contribution in [2.75, 3.05) is 51.6 Å². The van der Waals surface area contributed by atoms with Gasteiger partial charge in [-0.15, -0.1) is 11.8 Å². The largest absolute Gasteiger partial charge is 0.384 e. The molecule has 0 fully saturated rings. The fraction of sp³-hybridized carbons (Fsp3) is 0.583.